The van der Waals surface area contributed by atoms with E-state index in [2.05, 4.69) is 4.90 Å². The molecule has 0 radical (unpaired) electrons. The zero-order valence-corrected chi connectivity index (χ0v) is 14.0. The van der Waals surface area contributed by atoms with Crippen LogP contribution in [0.1, 0.15) is 27.2 Å². The van der Waals surface area contributed by atoms with Crippen molar-refractivity contribution in [3.05, 3.63) is 0 Å². The minimum absolute atomic E-state index is 0.0215. The first-order chi connectivity index (χ1) is 11.1. The summed E-state index contributed by atoms with van der Waals surface area (Å²) in [6.45, 7) is 5.33. The average Bonchev–Trinajstić information content (AvgIpc) is 2.90. The maximum Gasteiger partial charge on any atom is 0.341 e. The summed E-state index contributed by atoms with van der Waals surface area (Å²) in [5, 5.41) is 21.2. The first-order valence-electron chi connectivity index (χ1n) is 8.35. The lowest BCUT2D eigenvalue weighted by Gasteiger charge is -2.39. The van der Waals surface area contributed by atoms with E-state index in [0.29, 0.717) is 6.42 Å². The number of nitrogens with zero attached hydrogens (tertiary/aromatic N) is 1. The third-order valence-corrected chi connectivity index (χ3v) is 6.47. The van der Waals surface area contributed by atoms with Crippen molar-refractivity contribution in [2.75, 3.05) is 19.7 Å². The Hall–Kier alpha value is -1.22. The monoisotopic (exact) mass is 341 g/mol. The van der Waals surface area contributed by atoms with Crippen LogP contribution in [0.5, 0.6) is 0 Å². The van der Waals surface area contributed by atoms with Crippen LogP contribution in [0.15, 0.2) is 0 Å². The fourth-order valence-electron chi connectivity index (χ4n) is 4.31. The molecule has 0 aromatic rings. The minimum Gasteiger partial charge on any atom is -0.460 e. The summed E-state index contributed by atoms with van der Waals surface area (Å²) in [5.74, 6) is -2.70. The maximum absolute atomic E-state index is 12.5. The van der Waals surface area contributed by atoms with Crippen molar-refractivity contribution in [2.45, 2.75) is 62.2 Å². The summed E-state index contributed by atoms with van der Waals surface area (Å²) in [7, 11) is 0. The molecule has 4 saturated heterocycles. The fourth-order valence-corrected chi connectivity index (χ4v) is 4.31. The van der Waals surface area contributed by atoms with Crippen molar-refractivity contribution < 1.29 is 34.0 Å². The van der Waals surface area contributed by atoms with Crippen LogP contribution in [0.2, 0.25) is 0 Å². The van der Waals surface area contributed by atoms with E-state index in [4.69, 9.17) is 14.2 Å². The van der Waals surface area contributed by atoms with Gasteiger partial charge in [-0.3, -0.25) is 9.69 Å². The zero-order valence-electron chi connectivity index (χ0n) is 14.0. The van der Waals surface area contributed by atoms with Gasteiger partial charge in [-0.1, -0.05) is 0 Å². The van der Waals surface area contributed by atoms with Gasteiger partial charge in [0.1, 0.15) is 30.0 Å². The highest BCUT2D eigenvalue weighted by atomic mass is 16.7. The predicted molar refractivity (Wildman–Crippen MR) is 78.8 cm³/mol. The summed E-state index contributed by atoms with van der Waals surface area (Å²) in [6.07, 6.45) is 0.249. The van der Waals surface area contributed by atoms with E-state index in [1.165, 1.54) is 13.8 Å². The molecule has 134 valence electrons. The lowest BCUT2D eigenvalue weighted by atomic mass is 9.76. The van der Waals surface area contributed by atoms with E-state index < -0.39 is 34.7 Å². The molecular weight excluding hydrogens is 318 g/mol. The topological polar surface area (TPSA) is 109 Å². The van der Waals surface area contributed by atoms with Gasteiger partial charge in [-0.25, -0.2) is 4.79 Å². The number of cyclic esters (lactones) is 1. The van der Waals surface area contributed by atoms with Gasteiger partial charge in [-0.15, -0.1) is 0 Å². The summed E-state index contributed by atoms with van der Waals surface area (Å²) in [4.78, 5) is 27.1. The van der Waals surface area contributed by atoms with Crippen molar-refractivity contribution in [2.24, 2.45) is 5.92 Å². The summed E-state index contributed by atoms with van der Waals surface area (Å²) >= 11 is 0. The van der Waals surface area contributed by atoms with Gasteiger partial charge >= 0.3 is 11.9 Å². The normalized spacial score (nSPS) is 54.4. The van der Waals surface area contributed by atoms with E-state index in [1.807, 2.05) is 0 Å². The Morgan fingerprint density at radius 3 is 2.67 bits per heavy atom. The molecule has 0 bridgehead atoms. The number of ether oxygens (including phenoxy) is 3. The van der Waals surface area contributed by atoms with Gasteiger partial charge in [0.15, 0.2) is 5.60 Å². The minimum atomic E-state index is -2.25. The Morgan fingerprint density at radius 1 is 1.25 bits per heavy atom. The number of morpholine rings is 1. The van der Waals surface area contributed by atoms with Crippen LogP contribution in [-0.4, -0.2) is 81.8 Å². The van der Waals surface area contributed by atoms with Gasteiger partial charge in [0.25, 0.3) is 0 Å². The Labute approximate surface area is 139 Å². The van der Waals surface area contributed by atoms with Crippen LogP contribution < -0.4 is 0 Å². The van der Waals surface area contributed by atoms with Crippen LogP contribution in [0, 0.1) is 5.92 Å². The van der Waals surface area contributed by atoms with Gasteiger partial charge in [-0.2, -0.15) is 0 Å². The number of rotatable bonds is 0. The smallest absolute Gasteiger partial charge is 0.341 e. The van der Waals surface area contributed by atoms with Gasteiger partial charge in [-0.05, 0) is 27.2 Å². The molecule has 4 heterocycles. The van der Waals surface area contributed by atoms with Crippen molar-refractivity contribution in [3.63, 3.8) is 0 Å². The van der Waals surface area contributed by atoms with Gasteiger partial charge in [0, 0.05) is 13.1 Å². The van der Waals surface area contributed by atoms with Crippen molar-refractivity contribution in [1.82, 2.24) is 4.90 Å². The Balaban J connectivity index is 1.71. The largest absolute Gasteiger partial charge is 0.460 e. The van der Waals surface area contributed by atoms with Gasteiger partial charge < -0.3 is 24.4 Å². The Bertz CT molecular complexity index is 603. The van der Waals surface area contributed by atoms with E-state index >= 15 is 0 Å². The van der Waals surface area contributed by atoms with E-state index in [9.17, 15) is 19.8 Å². The lowest BCUT2D eigenvalue weighted by molar-refractivity contribution is -0.205. The second-order valence-corrected chi connectivity index (χ2v) is 7.78. The third-order valence-electron chi connectivity index (χ3n) is 6.47. The molecule has 4 rings (SSSR count). The molecule has 0 saturated carbocycles. The highest BCUT2D eigenvalue weighted by Crippen LogP contribution is 2.53. The SMILES string of the molecule is C[C@@H]1C(=O)O[C@@H]2CCN3C[C@H]4O[C@@]4(COC(=O)[C@@](C)(O)[C@@]1(C)O)[C@H]23. The quantitative estimate of drug-likeness (QED) is 0.419. The van der Waals surface area contributed by atoms with Crippen LogP contribution in [0.25, 0.3) is 0 Å². The zero-order chi connectivity index (χ0) is 17.5. The number of hydrogen-bond acceptors (Lipinski definition) is 8. The van der Waals surface area contributed by atoms with Crippen LogP contribution in [0.4, 0.5) is 0 Å². The number of esters is 2. The Kier molecular flexibility index (Phi) is 3.18. The number of epoxide rings is 1. The first kappa shape index (κ1) is 16.3. The molecule has 0 aromatic carbocycles. The number of aliphatic hydroxyl groups is 2. The van der Waals surface area contributed by atoms with Crippen molar-refractivity contribution in [3.8, 4) is 0 Å². The standard InChI is InChI=1S/C16H23NO7/c1-8-12(18)23-9-4-5-17-6-10-16(24-10,11(9)17)7-22-13(19)15(3,21)14(8,2)20/h8-11,20-21H,4-7H2,1-3H3/t8-,9-,10-,11+,14+,15-,16-/m1/s1. The first-order valence-corrected chi connectivity index (χ1v) is 8.35. The highest BCUT2D eigenvalue weighted by molar-refractivity contribution is 5.83. The van der Waals surface area contributed by atoms with Gasteiger partial charge in [0.05, 0.1) is 12.0 Å². The molecule has 4 fully saturated rings. The molecule has 4 aliphatic rings. The molecule has 8 heteroatoms. The maximum atomic E-state index is 12.5. The Morgan fingerprint density at radius 2 is 1.96 bits per heavy atom. The molecule has 2 N–H and O–H groups in total. The van der Waals surface area contributed by atoms with E-state index in [-0.39, 0.29) is 24.9 Å². The molecule has 7 atom stereocenters. The molecule has 24 heavy (non-hydrogen) atoms. The molecule has 4 aliphatic heterocycles. The number of hydrogen-bond donors (Lipinski definition) is 2. The van der Waals surface area contributed by atoms with Gasteiger partial charge in [0.2, 0.25) is 0 Å². The highest BCUT2D eigenvalue weighted by Gasteiger charge is 2.73. The van der Waals surface area contributed by atoms with Crippen LogP contribution >= 0.6 is 0 Å². The second kappa shape index (κ2) is 4.69. The fraction of sp³-hybridized carbons (Fsp3) is 0.875. The average molecular weight is 341 g/mol. The molecule has 8 nitrogen and oxygen atoms in total. The summed E-state index contributed by atoms with van der Waals surface area (Å²) < 4.78 is 16.8. The molecule has 0 aliphatic carbocycles. The molecular formula is C16H23NO7. The van der Waals surface area contributed by atoms with E-state index in [1.54, 1.807) is 0 Å². The predicted octanol–water partition coefficient (Wildman–Crippen LogP) is -1.18. The van der Waals surface area contributed by atoms with Crippen LogP contribution in [0.3, 0.4) is 0 Å². The van der Waals surface area contributed by atoms with Crippen molar-refractivity contribution in [1.29, 1.82) is 0 Å². The van der Waals surface area contributed by atoms with Crippen LogP contribution in [-0.2, 0) is 23.8 Å². The number of carbonyl (C=O) groups excluding carboxylic acids is 2. The molecule has 0 unspecified atom stereocenters. The van der Waals surface area contributed by atoms with E-state index in [0.717, 1.165) is 20.0 Å². The lowest BCUT2D eigenvalue weighted by Crippen LogP contribution is -2.61. The molecule has 1 spiro atoms. The second-order valence-electron chi connectivity index (χ2n) is 7.78. The third kappa shape index (κ3) is 1.88. The van der Waals surface area contributed by atoms with Crippen molar-refractivity contribution >= 4 is 11.9 Å². The summed E-state index contributed by atoms with van der Waals surface area (Å²) in [5.41, 5.74) is -4.95. The molecule has 0 amide bonds. The summed E-state index contributed by atoms with van der Waals surface area (Å²) in [6, 6.07) is -0.153. The molecule has 0 aromatic heterocycles. The number of carbonyl (C=O) groups is 2.